The first-order valence-corrected chi connectivity index (χ1v) is 11.0. The summed E-state index contributed by atoms with van der Waals surface area (Å²) in [5.74, 6) is -0.467. The smallest absolute Gasteiger partial charge is 0.264 e. The highest BCUT2D eigenvalue weighted by molar-refractivity contribution is 7.92. The molecule has 0 unspecified atom stereocenters. The summed E-state index contributed by atoms with van der Waals surface area (Å²) in [5, 5.41) is 5.15. The number of aromatic nitrogens is 1. The molecule has 9 nitrogen and oxygen atoms in total. The van der Waals surface area contributed by atoms with E-state index in [9.17, 15) is 18.0 Å². The number of sulfonamides is 1. The van der Waals surface area contributed by atoms with Crippen molar-refractivity contribution >= 4 is 33.2 Å². The second-order valence-corrected chi connectivity index (χ2v) is 8.43. The molecule has 0 saturated heterocycles. The number of methoxy groups -OCH3 is 1. The quantitative estimate of drug-likeness (QED) is 0.539. The maximum atomic E-state index is 13.5. The van der Waals surface area contributed by atoms with Crippen molar-refractivity contribution in [2.24, 2.45) is 0 Å². The minimum absolute atomic E-state index is 0.0301. The number of nitrogens with zero attached hydrogens (tertiary/aromatic N) is 2. The lowest BCUT2D eigenvalue weighted by Crippen LogP contribution is -2.40. The van der Waals surface area contributed by atoms with Gasteiger partial charge >= 0.3 is 0 Å². The van der Waals surface area contributed by atoms with Gasteiger partial charge in [0.05, 0.1) is 23.4 Å². The van der Waals surface area contributed by atoms with Gasteiger partial charge in [0.2, 0.25) is 5.91 Å². The van der Waals surface area contributed by atoms with Gasteiger partial charge in [-0.3, -0.25) is 18.9 Å². The SMILES string of the molecule is CNC(=O)CN(c1ccccc1NC(=O)c1ccncc1)S(=O)(=O)c1ccc(OC)cc1. The van der Waals surface area contributed by atoms with E-state index in [1.807, 2.05) is 0 Å². The lowest BCUT2D eigenvalue weighted by Gasteiger charge is -2.26. The van der Waals surface area contributed by atoms with E-state index < -0.39 is 28.4 Å². The van der Waals surface area contributed by atoms with E-state index in [2.05, 4.69) is 15.6 Å². The maximum absolute atomic E-state index is 13.5. The van der Waals surface area contributed by atoms with Crippen LogP contribution in [0.25, 0.3) is 0 Å². The number of pyridine rings is 1. The summed E-state index contributed by atoms with van der Waals surface area (Å²) in [6.07, 6.45) is 2.96. The highest BCUT2D eigenvalue weighted by Gasteiger charge is 2.29. The molecule has 166 valence electrons. The molecule has 1 aromatic heterocycles. The number of amides is 2. The molecule has 0 radical (unpaired) electrons. The summed E-state index contributed by atoms with van der Waals surface area (Å²) in [4.78, 5) is 28.7. The van der Waals surface area contributed by atoms with Gasteiger partial charge in [-0.05, 0) is 48.5 Å². The van der Waals surface area contributed by atoms with Gasteiger partial charge in [0.15, 0.2) is 0 Å². The van der Waals surface area contributed by atoms with Crippen molar-refractivity contribution in [3.63, 3.8) is 0 Å². The van der Waals surface area contributed by atoms with Crippen LogP contribution in [0.3, 0.4) is 0 Å². The number of para-hydroxylation sites is 2. The fraction of sp³-hybridized carbons (Fsp3) is 0.136. The summed E-state index contributed by atoms with van der Waals surface area (Å²) in [6.45, 7) is -0.479. The van der Waals surface area contributed by atoms with Crippen LogP contribution < -0.4 is 19.7 Å². The Morgan fingerprint density at radius 2 is 1.66 bits per heavy atom. The Bertz CT molecular complexity index is 1200. The maximum Gasteiger partial charge on any atom is 0.264 e. The number of rotatable bonds is 8. The van der Waals surface area contributed by atoms with E-state index >= 15 is 0 Å². The van der Waals surface area contributed by atoms with Crippen LogP contribution in [0.4, 0.5) is 11.4 Å². The van der Waals surface area contributed by atoms with E-state index in [4.69, 9.17) is 4.74 Å². The van der Waals surface area contributed by atoms with Gasteiger partial charge in [0.25, 0.3) is 15.9 Å². The van der Waals surface area contributed by atoms with E-state index in [1.165, 1.54) is 69.0 Å². The summed E-state index contributed by atoms with van der Waals surface area (Å²) < 4.78 is 33.0. The van der Waals surface area contributed by atoms with Gasteiger partial charge in [0, 0.05) is 25.0 Å². The number of carbonyl (C=O) groups excluding carboxylic acids is 2. The Morgan fingerprint density at radius 1 is 1.00 bits per heavy atom. The zero-order chi connectivity index (χ0) is 23.1. The predicted octanol–water partition coefficient (Wildman–Crippen LogP) is 2.28. The molecule has 3 aromatic rings. The number of hydrogen-bond donors (Lipinski definition) is 2. The molecule has 0 atom stereocenters. The van der Waals surface area contributed by atoms with Crippen LogP contribution in [0.1, 0.15) is 10.4 Å². The van der Waals surface area contributed by atoms with Gasteiger partial charge in [-0.25, -0.2) is 8.42 Å². The first-order valence-electron chi connectivity index (χ1n) is 9.54. The first-order chi connectivity index (χ1) is 15.4. The molecule has 0 aliphatic rings. The van der Waals surface area contributed by atoms with Crippen LogP contribution in [0.5, 0.6) is 5.75 Å². The highest BCUT2D eigenvalue weighted by Crippen LogP contribution is 2.31. The van der Waals surface area contributed by atoms with E-state index in [1.54, 1.807) is 18.2 Å². The van der Waals surface area contributed by atoms with Crippen molar-refractivity contribution in [3.8, 4) is 5.75 Å². The molecule has 2 aromatic carbocycles. The van der Waals surface area contributed by atoms with Crippen molar-refractivity contribution in [1.82, 2.24) is 10.3 Å². The summed E-state index contributed by atoms with van der Waals surface area (Å²) in [6, 6.07) is 15.3. The number of likely N-dealkylation sites (N-methyl/N-ethyl adjacent to an activating group) is 1. The molecule has 0 bridgehead atoms. The third kappa shape index (κ3) is 5.03. The second-order valence-electron chi connectivity index (χ2n) is 6.57. The van der Waals surface area contributed by atoms with Crippen molar-refractivity contribution in [2.75, 3.05) is 30.3 Å². The molecule has 2 N–H and O–H groups in total. The molecule has 0 saturated carbocycles. The minimum atomic E-state index is -4.15. The number of anilines is 2. The third-order valence-electron chi connectivity index (χ3n) is 4.58. The highest BCUT2D eigenvalue weighted by atomic mass is 32.2. The third-order valence-corrected chi connectivity index (χ3v) is 6.35. The monoisotopic (exact) mass is 454 g/mol. The summed E-state index contributed by atoms with van der Waals surface area (Å²) in [5.41, 5.74) is 0.732. The van der Waals surface area contributed by atoms with Gasteiger partial charge in [-0.15, -0.1) is 0 Å². The fourth-order valence-electron chi connectivity index (χ4n) is 2.88. The van der Waals surface area contributed by atoms with Crippen molar-refractivity contribution in [1.29, 1.82) is 0 Å². The topological polar surface area (TPSA) is 118 Å². The zero-order valence-corrected chi connectivity index (χ0v) is 18.3. The number of benzene rings is 2. The lowest BCUT2D eigenvalue weighted by molar-refractivity contribution is -0.119. The van der Waals surface area contributed by atoms with Gasteiger partial charge in [-0.2, -0.15) is 0 Å². The first kappa shape index (κ1) is 22.8. The normalized spacial score (nSPS) is 10.8. The van der Waals surface area contributed by atoms with Gasteiger partial charge in [-0.1, -0.05) is 12.1 Å². The van der Waals surface area contributed by atoms with Crippen LogP contribution in [-0.4, -0.2) is 45.9 Å². The average Bonchev–Trinajstić information content (AvgIpc) is 2.83. The van der Waals surface area contributed by atoms with Crippen molar-refractivity contribution in [2.45, 2.75) is 4.90 Å². The summed E-state index contributed by atoms with van der Waals surface area (Å²) >= 11 is 0. The zero-order valence-electron chi connectivity index (χ0n) is 17.5. The molecular formula is C22H22N4O5S. The minimum Gasteiger partial charge on any atom is -0.497 e. The number of hydrogen-bond acceptors (Lipinski definition) is 6. The van der Waals surface area contributed by atoms with Crippen LogP contribution in [-0.2, 0) is 14.8 Å². The summed E-state index contributed by atoms with van der Waals surface area (Å²) in [7, 11) is -1.26. The molecule has 10 heteroatoms. The van der Waals surface area contributed by atoms with Crippen LogP contribution in [0.15, 0.2) is 78.0 Å². The van der Waals surface area contributed by atoms with Crippen molar-refractivity contribution < 1.29 is 22.7 Å². The van der Waals surface area contributed by atoms with Crippen LogP contribution in [0, 0.1) is 0 Å². The Balaban J connectivity index is 2.04. The molecule has 0 spiro atoms. The Hall–Kier alpha value is -3.92. The van der Waals surface area contributed by atoms with E-state index in [0.717, 1.165) is 4.31 Å². The number of carbonyl (C=O) groups is 2. The van der Waals surface area contributed by atoms with Crippen LogP contribution >= 0.6 is 0 Å². The van der Waals surface area contributed by atoms with E-state index in [0.29, 0.717) is 11.3 Å². The average molecular weight is 455 g/mol. The number of nitrogens with one attached hydrogen (secondary N) is 2. The largest absolute Gasteiger partial charge is 0.497 e. The van der Waals surface area contributed by atoms with Gasteiger partial charge < -0.3 is 15.4 Å². The second kappa shape index (κ2) is 9.92. The van der Waals surface area contributed by atoms with Crippen LogP contribution in [0.2, 0.25) is 0 Å². The molecule has 0 aliphatic heterocycles. The molecule has 0 fully saturated rings. The molecule has 2 amide bonds. The Morgan fingerprint density at radius 3 is 2.28 bits per heavy atom. The van der Waals surface area contributed by atoms with Gasteiger partial charge in [0.1, 0.15) is 12.3 Å². The predicted molar refractivity (Wildman–Crippen MR) is 120 cm³/mol. The van der Waals surface area contributed by atoms with Crippen molar-refractivity contribution in [3.05, 3.63) is 78.6 Å². The molecule has 1 heterocycles. The van der Waals surface area contributed by atoms with E-state index in [-0.39, 0.29) is 16.3 Å². The Labute approximate surface area is 186 Å². The molecule has 3 rings (SSSR count). The fourth-order valence-corrected chi connectivity index (χ4v) is 4.32. The number of ether oxygens (including phenoxy) is 1. The standard InChI is InChI=1S/C22H22N4O5S/c1-23-21(27)15-26(32(29,30)18-9-7-17(31-2)8-10-18)20-6-4-3-5-19(20)25-22(28)16-11-13-24-14-12-16/h3-14H,15H2,1-2H3,(H,23,27)(H,25,28). The molecule has 0 aliphatic carbocycles. The molecular weight excluding hydrogens is 432 g/mol. The Kier molecular flexibility index (Phi) is 7.06. The lowest BCUT2D eigenvalue weighted by atomic mass is 10.2. The molecule has 32 heavy (non-hydrogen) atoms.